The van der Waals surface area contributed by atoms with E-state index in [1.165, 1.54) is 24.5 Å². The molecule has 0 spiro atoms. The molecule has 4 rings (SSSR count). The highest BCUT2D eigenvalue weighted by Crippen LogP contribution is 2.19. The Morgan fingerprint density at radius 1 is 1.23 bits per heavy atom. The normalized spacial score (nSPS) is 14.9. The first-order valence-corrected chi connectivity index (χ1v) is 10.7. The van der Waals surface area contributed by atoms with Crippen molar-refractivity contribution < 1.29 is 13.9 Å². The maximum atomic E-state index is 13.8. The number of ether oxygens (including phenoxy) is 1. The number of rotatable bonds is 6. The van der Waals surface area contributed by atoms with Gasteiger partial charge in [0, 0.05) is 56.8 Å². The summed E-state index contributed by atoms with van der Waals surface area (Å²) >= 11 is 1.44. The van der Waals surface area contributed by atoms with Crippen LogP contribution in [-0.4, -0.2) is 58.4 Å². The fourth-order valence-corrected chi connectivity index (χ4v) is 4.37. The van der Waals surface area contributed by atoms with E-state index in [9.17, 15) is 14.0 Å². The number of hydrogen-bond donors (Lipinski definition) is 0. The molecule has 7 nitrogen and oxygen atoms in total. The second-order valence-corrected chi connectivity index (χ2v) is 8.14. The maximum absolute atomic E-state index is 13.8. The number of hydrogen-bond acceptors (Lipinski definition) is 6. The summed E-state index contributed by atoms with van der Waals surface area (Å²) in [5.74, 6) is -0.135. The monoisotopic (exact) mass is 430 g/mol. The highest BCUT2D eigenvalue weighted by molar-refractivity contribution is 7.15. The molecule has 0 aliphatic carbocycles. The molecule has 9 heteroatoms. The fourth-order valence-electron chi connectivity index (χ4n) is 3.63. The number of amides is 1. The van der Waals surface area contributed by atoms with Crippen LogP contribution in [0.5, 0.6) is 5.75 Å². The van der Waals surface area contributed by atoms with Crippen LogP contribution in [0.25, 0.3) is 4.96 Å². The third-order valence-electron chi connectivity index (χ3n) is 5.31. The highest BCUT2D eigenvalue weighted by Gasteiger charge is 2.21. The van der Waals surface area contributed by atoms with E-state index in [0.29, 0.717) is 37.4 Å². The summed E-state index contributed by atoms with van der Waals surface area (Å²) in [6.45, 7) is 3.33. The summed E-state index contributed by atoms with van der Waals surface area (Å²) in [5, 5.41) is 1.85. The van der Waals surface area contributed by atoms with Crippen molar-refractivity contribution in [1.29, 1.82) is 0 Å². The number of aryl methyl sites for hydroxylation is 1. The molecular weight excluding hydrogens is 407 g/mol. The van der Waals surface area contributed by atoms with Crippen LogP contribution in [0.2, 0.25) is 0 Å². The van der Waals surface area contributed by atoms with Gasteiger partial charge in [-0.1, -0.05) is 6.07 Å². The molecule has 0 unspecified atom stereocenters. The van der Waals surface area contributed by atoms with Crippen molar-refractivity contribution in [3.05, 3.63) is 63.3 Å². The van der Waals surface area contributed by atoms with Crippen molar-refractivity contribution >= 4 is 22.2 Å². The summed E-state index contributed by atoms with van der Waals surface area (Å²) in [7, 11) is 1.43. The third-order valence-corrected chi connectivity index (χ3v) is 6.07. The molecule has 1 saturated heterocycles. The zero-order valence-electron chi connectivity index (χ0n) is 16.7. The number of aromatic nitrogens is 2. The lowest BCUT2D eigenvalue weighted by molar-refractivity contribution is -0.133. The van der Waals surface area contributed by atoms with E-state index in [1.54, 1.807) is 28.8 Å². The van der Waals surface area contributed by atoms with Crippen molar-refractivity contribution in [1.82, 2.24) is 19.2 Å². The van der Waals surface area contributed by atoms with E-state index >= 15 is 0 Å². The van der Waals surface area contributed by atoms with Gasteiger partial charge in [-0.15, -0.1) is 11.3 Å². The van der Waals surface area contributed by atoms with Crippen LogP contribution in [0.1, 0.15) is 17.7 Å². The minimum atomic E-state index is -0.412. The number of fused-ring (bicyclic) bond motifs is 1. The number of thiazole rings is 1. The smallest absolute Gasteiger partial charge is 0.258 e. The predicted octanol–water partition coefficient (Wildman–Crippen LogP) is 2.18. The van der Waals surface area contributed by atoms with Gasteiger partial charge in [0.05, 0.1) is 12.8 Å². The van der Waals surface area contributed by atoms with Crippen LogP contribution < -0.4 is 10.3 Å². The predicted molar refractivity (Wildman–Crippen MR) is 112 cm³/mol. The lowest BCUT2D eigenvalue weighted by Crippen LogP contribution is -2.48. The van der Waals surface area contributed by atoms with Gasteiger partial charge in [0.2, 0.25) is 5.91 Å². The van der Waals surface area contributed by atoms with Crippen LogP contribution in [-0.2, 0) is 17.8 Å². The molecule has 1 aliphatic heterocycles. The molecule has 0 bridgehead atoms. The summed E-state index contributed by atoms with van der Waals surface area (Å²) < 4.78 is 20.3. The number of halogens is 1. The summed E-state index contributed by atoms with van der Waals surface area (Å²) in [5.41, 5.74) is 1.46. The number of carbonyl (C=O) groups is 1. The Morgan fingerprint density at radius 3 is 2.77 bits per heavy atom. The molecule has 3 aromatic rings. The molecule has 0 saturated carbocycles. The SMILES string of the molecule is COc1ccc(CCC(=O)N2CCN(Cc3cc(=O)n4ccsc4n3)CC2)cc1F. The Morgan fingerprint density at radius 2 is 2.03 bits per heavy atom. The number of nitrogens with zero attached hydrogens (tertiary/aromatic N) is 4. The van der Waals surface area contributed by atoms with Gasteiger partial charge in [0.15, 0.2) is 16.5 Å². The lowest BCUT2D eigenvalue weighted by Gasteiger charge is -2.34. The molecule has 3 heterocycles. The van der Waals surface area contributed by atoms with Gasteiger partial charge < -0.3 is 9.64 Å². The quantitative estimate of drug-likeness (QED) is 0.600. The molecule has 1 fully saturated rings. The first-order valence-electron chi connectivity index (χ1n) is 9.82. The van der Waals surface area contributed by atoms with E-state index in [1.807, 2.05) is 10.3 Å². The average Bonchev–Trinajstić information content (AvgIpc) is 3.22. The van der Waals surface area contributed by atoms with Crippen molar-refractivity contribution in [2.75, 3.05) is 33.3 Å². The summed E-state index contributed by atoms with van der Waals surface area (Å²) in [6, 6.07) is 6.36. The Labute approximate surface area is 177 Å². The Bertz CT molecular complexity index is 1110. The standard InChI is InChI=1S/C21H23FN4O3S/c1-29-18-4-2-15(12-17(18)22)3-5-19(27)25-8-6-24(7-9-25)14-16-13-20(28)26-10-11-30-21(26)23-16/h2,4,10-13H,3,5-9,14H2,1H3. The van der Waals surface area contributed by atoms with Gasteiger partial charge >= 0.3 is 0 Å². The van der Waals surface area contributed by atoms with Gasteiger partial charge in [0.1, 0.15) is 0 Å². The molecule has 1 amide bonds. The lowest BCUT2D eigenvalue weighted by atomic mass is 10.1. The zero-order valence-corrected chi connectivity index (χ0v) is 17.5. The molecule has 0 N–H and O–H groups in total. The fraction of sp³-hybridized carbons (Fsp3) is 0.381. The van der Waals surface area contributed by atoms with Crippen molar-refractivity contribution in [2.24, 2.45) is 0 Å². The molecule has 2 aromatic heterocycles. The van der Waals surface area contributed by atoms with Crippen molar-refractivity contribution in [3.8, 4) is 5.75 Å². The number of benzene rings is 1. The van der Waals surface area contributed by atoms with Crippen LogP contribution in [0.4, 0.5) is 4.39 Å². The van der Waals surface area contributed by atoms with Crippen LogP contribution in [0.15, 0.2) is 40.6 Å². The van der Waals surface area contributed by atoms with Crippen LogP contribution >= 0.6 is 11.3 Å². The van der Waals surface area contributed by atoms with E-state index in [-0.39, 0.29) is 17.2 Å². The molecule has 1 aromatic carbocycles. The summed E-state index contributed by atoms with van der Waals surface area (Å²) in [4.78, 5) is 34.0. The molecule has 0 atom stereocenters. The second-order valence-electron chi connectivity index (χ2n) is 7.27. The van der Waals surface area contributed by atoms with E-state index < -0.39 is 5.82 Å². The minimum Gasteiger partial charge on any atom is -0.494 e. The Kier molecular flexibility index (Phi) is 6.10. The number of piperazine rings is 1. The van der Waals surface area contributed by atoms with Gasteiger partial charge in [-0.25, -0.2) is 9.37 Å². The van der Waals surface area contributed by atoms with Gasteiger partial charge in [0.25, 0.3) is 5.56 Å². The Balaban J connectivity index is 1.27. The van der Waals surface area contributed by atoms with Gasteiger partial charge in [-0.05, 0) is 24.1 Å². The minimum absolute atomic E-state index is 0.0694. The van der Waals surface area contributed by atoms with Crippen molar-refractivity contribution in [3.63, 3.8) is 0 Å². The van der Waals surface area contributed by atoms with Gasteiger partial charge in [-0.3, -0.25) is 18.9 Å². The van der Waals surface area contributed by atoms with Crippen LogP contribution in [0, 0.1) is 5.82 Å². The molecule has 1 aliphatic rings. The number of methoxy groups -OCH3 is 1. The van der Waals surface area contributed by atoms with Crippen LogP contribution in [0.3, 0.4) is 0 Å². The second kappa shape index (κ2) is 8.93. The first-order chi connectivity index (χ1) is 14.5. The van der Waals surface area contributed by atoms with E-state index in [0.717, 1.165) is 24.3 Å². The number of carbonyl (C=O) groups excluding carboxylic acids is 1. The average molecular weight is 431 g/mol. The summed E-state index contributed by atoms with van der Waals surface area (Å²) in [6.07, 6.45) is 2.57. The Hall–Kier alpha value is -2.78. The molecule has 0 radical (unpaired) electrons. The first kappa shape index (κ1) is 20.5. The van der Waals surface area contributed by atoms with Crippen molar-refractivity contribution in [2.45, 2.75) is 19.4 Å². The van der Waals surface area contributed by atoms with Gasteiger partial charge in [-0.2, -0.15) is 0 Å². The van der Waals surface area contributed by atoms with E-state index in [4.69, 9.17) is 4.74 Å². The maximum Gasteiger partial charge on any atom is 0.258 e. The van der Waals surface area contributed by atoms with E-state index in [2.05, 4.69) is 9.88 Å². The molecule has 158 valence electrons. The highest BCUT2D eigenvalue weighted by atomic mass is 32.1. The zero-order chi connectivity index (χ0) is 21.1. The molecular formula is C21H23FN4O3S. The third kappa shape index (κ3) is 4.52. The largest absolute Gasteiger partial charge is 0.494 e. The molecule has 30 heavy (non-hydrogen) atoms. The topological polar surface area (TPSA) is 67.2 Å².